The monoisotopic (exact) mass is 411 g/mol. The van der Waals surface area contributed by atoms with E-state index in [2.05, 4.69) is 14.9 Å². The number of anilines is 1. The molecular formula is C21H25N5O2S. The van der Waals surface area contributed by atoms with Crippen molar-refractivity contribution in [3.8, 4) is 0 Å². The molecular weight excluding hydrogens is 386 g/mol. The Morgan fingerprint density at radius 3 is 2.59 bits per heavy atom. The number of benzene rings is 1. The molecule has 0 N–H and O–H groups in total. The predicted octanol–water partition coefficient (Wildman–Crippen LogP) is 2.63. The number of aryl methyl sites for hydroxylation is 1. The first kappa shape index (κ1) is 19.6. The van der Waals surface area contributed by atoms with Gasteiger partial charge in [0.25, 0.3) is 5.56 Å². The topological polar surface area (TPSA) is 71.3 Å². The Labute approximate surface area is 173 Å². The van der Waals surface area contributed by atoms with Crippen LogP contribution in [0.3, 0.4) is 0 Å². The summed E-state index contributed by atoms with van der Waals surface area (Å²) in [6.07, 6.45) is 3.84. The van der Waals surface area contributed by atoms with Crippen LogP contribution in [-0.4, -0.2) is 51.5 Å². The molecule has 0 spiro atoms. The summed E-state index contributed by atoms with van der Waals surface area (Å²) in [6.45, 7) is 8.81. The lowest BCUT2D eigenvalue weighted by molar-refractivity contribution is -0.130. The lowest BCUT2D eigenvalue weighted by Crippen LogP contribution is -2.49. The van der Waals surface area contributed by atoms with E-state index >= 15 is 0 Å². The Hall–Kier alpha value is -2.74. The summed E-state index contributed by atoms with van der Waals surface area (Å²) in [5.41, 5.74) is 1.74. The van der Waals surface area contributed by atoms with Crippen molar-refractivity contribution in [2.45, 2.75) is 33.2 Å². The van der Waals surface area contributed by atoms with Gasteiger partial charge < -0.3 is 9.80 Å². The van der Waals surface area contributed by atoms with Crippen LogP contribution >= 0.6 is 11.3 Å². The quantitative estimate of drug-likeness (QED) is 0.660. The van der Waals surface area contributed by atoms with Gasteiger partial charge in [0.05, 0.1) is 28.7 Å². The van der Waals surface area contributed by atoms with Crippen molar-refractivity contribution in [3.05, 3.63) is 51.0 Å². The van der Waals surface area contributed by atoms with E-state index in [1.54, 1.807) is 28.4 Å². The minimum atomic E-state index is -0.00901. The molecule has 0 bridgehead atoms. The summed E-state index contributed by atoms with van der Waals surface area (Å²) in [6, 6.07) is 5.90. The average Bonchev–Trinajstić information content (AvgIpc) is 3.12. The van der Waals surface area contributed by atoms with E-state index in [9.17, 15) is 9.59 Å². The molecule has 0 atom stereocenters. The van der Waals surface area contributed by atoms with Gasteiger partial charge >= 0.3 is 0 Å². The summed E-state index contributed by atoms with van der Waals surface area (Å²) in [7, 11) is 0. The molecule has 1 aliphatic rings. The van der Waals surface area contributed by atoms with Crippen molar-refractivity contribution >= 4 is 33.8 Å². The molecule has 3 heterocycles. The van der Waals surface area contributed by atoms with Gasteiger partial charge in [-0.15, -0.1) is 11.3 Å². The first-order chi connectivity index (χ1) is 13.9. The standard InChI is InChI=1S/C21H25N5O2S/c1-14(2)26-13-23-19-10-16(4-5-18(19)21(26)28)24-6-8-25(9-7-24)20(27)11-17-12-22-15(3)29-17/h4-5,10,12-14H,6-9,11H2,1-3H3. The van der Waals surface area contributed by atoms with Crippen molar-refractivity contribution in [1.82, 2.24) is 19.4 Å². The lowest BCUT2D eigenvalue weighted by Gasteiger charge is -2.36. The molecule has 0 aliphatic carbocycles. The number of carbonyl (C=O) groups excluding carboxylic acids is 1. The minimum Gasteiger partial charge on any atom is -0.368 e. The molecule has 152 valence electrons. The number of fused-ring (bicyclic) bond motifs is 1. The third-order valence-electron chi connectivity index (χ3n) is 5.32. The predicted molar refractivity (Wildman–Crippen MR) is 116 cm³/mol. The third kappa shape index (κ3) is 4.03. The molecule has 7 nitrogen and oxygen atoms in total. The molecule has 4 rings (SSSR count). The number of thiazole rings is 1. The molecule has 1 amide bonds. The minimum absolute atomic E-state index is 0.00901. The van der Waals surface area contributed by atoms with E-state index in [4.69, 9.17) is 0 Å². The van der Waals surface area contributed by atoms with Gasteiger partial charge in [0.1, 0.15) is 0 Å². The molecule has 1 aromatic carbocycles. The summed E-state index contributed by atoms with van der Waals surface area (Å²) in [5, 5.41) is 1.63. The molecule has 0 radical (unpaired) electrons. The number of amides is 1. The summed E-state index contributed by atoms with van der Waals surface area (Å²) < 4.78 is 1.65. The van der Waals surface area contributed by atoms with Gasteiger partial charge in [-0.3, -0.25) is 14.2 Å². The van der Waals surface area contributed by atoms with Gasteiger partial charge in [-0.1, -0.05) is 0 Å². The molecule has 8 heteroatoms. The zero-order valence-corrected chi connectivity index (χ0v) is 17.8. The van der Waals surface area contributed by atoms with Crippen molar-refractivity contribution in [1.29, 1.82) is 0 Å². The van der Waals surface area contributed by atoms with Gasteiger partial charge in [0.15, 0.2) is 0 Å². The van der Waals surface area contributed by atoms with Crippen LogP contribution in [0.1, 0.15) is 29.8 Å². The summed E-state index contributed by atoms with van der Waals surface area (Å²) in [4.78, 5) is 39.0. The number of hydrogen-bond acceptors (Lipinski definition) is 6. The van der Waals surface area contributed by atoms with Crippen LogP contribution in [0.5, 0.6) is 0 Å². The lowest BCUT2D eigenvalue weighted by atomic mass is 10.2. The highest BCUT2D eigenvalue weighted by Crippen LogP contribution is 2.21. The average molecular weight is 412 g/mol. The fraction of sp³-hybridized carbons (Fsp3) is 0.429. The number of hydrogen-bond donors (Lipinski definition) is 0. The molecule has 3 aromatic rings. The number of nitrogens with zero attached hydrogens (tertiary/aromatic N) is 5. The first-order valence-electron chi connectivity index (χ1n) is 9.87. The Morgan fingerprint density at radius 1 is 1.17 bits per heavy atom. The Kier molecular flexibility index (Phi) is 5.36. The van der Waals surface area contributed by atoms with E-state index in [-0.39, 0.29) is 17.5 Å². The molecule has 0 saturated carbocycles. The number of aromatic nitrogens is 3. The van der Waals surface area contributed by atoms with Crippen molar-refractivity contribution < 1.29 is 4.79 Å². The maximum Gasteiger partial charge on any atom is 0.261 e. The largest absolute Gasteiger partial charge is 0.368 e. The van der Waals surface area contributed by atoms with Crippen molar-refractivity contribution in [2.24, 2.45) is 0 Å². The Bertz CT molecular complexity index is 1100. The third-order valence-corrected chi connectivity index (χ3v) is 6.23. The SMILES string of the molecule is Cc1ncc(CC(=O)N2CCN(c3ccc4c(=O)n(C(C)C)cnc4c3)CC2)s1. The fourth-order valence-electron chi connectivity index (χ4n) is 3.65. The van der Waals surface area contributed by atoms with Gasteiger partial charge in [0, 0.05) is 49.0 Å². The van der Waals surface area contributed by atoms with Crippen LogP contribution in [0.25, 0.3) is 10.9 Å². The van der Waals surface area contributed by atoms with Crippen LogP contribution in [0, 0.1) is 6.92 Å². The van der Waals surface area contributed by atoms with Gasteiger partial charge in [0.2, 0.25) is 5.91 Å². The molecule has 1 fully saturated rings. The molecule has 1 saturated heterocycles. The van der Waals surface area contributed by atoms with Crippen LogP contribution < -0.4 is 10.5 Å². The number of carbonyl (C=O) groups is 1. The summed E-state index contributed by atoms with van der Waals surface area (Å²) >= 11 is 1.58. The Balaban J connectivity index is 1.44. The number of piperazine rings is 1. The summed E-state index contributed by atoms with van der Waals surface area (Å²) in [5.74, 6) is 0.155. The molecule has 1 aliphatic heterocycles. The van der Waals surface area contributed by atoms with Crippen LogP contribution in [0.2, 0.25) is 0 Å². The van der Waals surface area contributed by atoms with Crippen LogP contribution in [0.15, 0.2) is 35.5 Å². The smallest absolute Gasteiger partial charge is 0.261 e. The first-order valence-corrected chi connectivity index (χ1v) is 10.7. The van der Waals surface area contributed by atoms with E-state index in [0.717, 1.165) is 28.7 Å². The fourth-order valence-corrected chi connectivity index (χ4v) is 4.44. The zero-order valence-electron chi connectivity index (χ0n) is 17.0. The Morgan fingerprint density at radius 2 is 1.93 bits per heavy atom. The zero-order chi connectivity index (χ0) is 20.5. The second-order valence-electron chi connectivity index (χ2n) is 7.64. The maximum absolute atomic E-state index is 12.6. The van der Waals surface area contributed by atoms with Gasteiger partial charge in [-0.05, 0) is 39.0 Å². The molecule has 29 heavy (non-hydrogen) atoms. The van der Waals surface area contributed by atoms with Crippen molar-refractivity contribution in [2.75, 3.05) is 31.1 Å². The highest BCUT2D eigenvalue weighted by Gasteiger charge is 2.22. The van der Waals surface area contributed by atoms with E-state index in [1.807, 2.05) is 43.9 Å². The highest BCUT2D eigenvalue weighted by atomic mass is 32.1. The van der Waals surface area contributed by atoms with Gasteiger partial charge in [-0.25, -0.2) is 9.97 Å². The van der Waals surface area contributed by atoms with Crippen LogP contribution in [0.4, 0.5) is 5.69 Å². The molecule has 0 unspecified atom stereocenters. The second-order valence-corrected chi connectivity index (χ2v) is 8.96. The van der Waals surface area contributed by atoms with E-state index in [0.29, 0.717) is 30.4 Å². The maximum atomic E-state index is 12.6. The van der Waals surface area contributed by atoms with Gasteiger partial charge in [-0.2, -0.15) is 0 Å². The van der Waals surface area contributed by atoms with E-state index in [1.165, 1.54) is 0 Å². The van der Waals surface area contributed by atoms with Crippen LogP contribution in [-0.2, 0) is 11.2 Å². The second kappa shape index (κ2) is 7.94. The van der Waals surface area contributed by atoms with Crippen molar-refractivity contribution in [3.63, 3.8) is 0 Å². The highest BCUT2D eigenvalue weighted by molar-refractivity contribution is 7.11. The molecule has 2 aromatic heterocycles. The number of rotatable bonds is 4. The van der Waals surface area contributed by atoms with E-state index < -0.39 is 0 Å². The normalized spacial score (nSPS) is 14.8.